The van der Waals surface area contributed by atoms with Crippen molar-refractivity contribution >= 4 is 17.3 Å². The fraction of sp³-hybridized carbons (Fsp3) is 0.651. The van der Waals surface area contributed by atoms with Crippen molar-refractivity contribution in [2.75, 3.05) is 58.2 Å². The number of nitrogens with one attached hydrogen (secondary N) is 1. The molecule has 5 saturated heterocycles. The van der Waals surface area contributed by atoms with Crippen LogP contribution in [-0.4, -0.2) is 122 Å². The molecule has 11 rings (SSSR count). The molecule has 12 heteroatoms. The molecule has 7 heterocycles. The number of rotatable bonds is 6. The number of epoxide rings is 1. The molecule has 6 fully saturated rings. The normalized spacial score (nSPS) is 42.7. The Bertz CT molecular complexity index is 2070. The summed E-state index contributed by atoms with van der Waals surface area (Å²) >= 11 is 0. The van der Waals surface area contributed by atoms with Crippen LogP contribution in [0.2, 0.25) is 0 Å². The molecule has 9 aliphatic rings. The molecular weight excluding hydrogens is 700 g/mol. The number of aromatic hydroxyl groups is 1. The number of nitrogens with zero attached hydrogens (tertiary/aromatic N) is 3. The van der Waals surface area contributed by atoms with Crippen molar-refractivity contribution in [1.29, 1.82) is 0 Å². The summed E-state index contributed by atoms with van der Waals surface area (Å²) in [6.45, 7) is 6.65. The van der Waals surface area contributed by atoms with Crippen LogP contribution in [0.25, 0.3) is 0 Å². The predicted octanol–water partition coefficient (Wildman–Crippen LogP) is 3.95. The highest BCUT2D eigenvalue weighted by Gasteiger charge is 2.77. The van der Waals surface area contributed by atoms with E-state index >= 15 is 0 Å². The van der Waals surface area contributed by atoms with E-state index in [1.165, 1.54) is 31.0 Å². The second-order valence-electron chi connectivity index (χ2n) is 18.2. The highest BCUT2D eigenvalue weighted by atomic mass is 16.6. The Hall–Kier alpha value is -3.55. The lowest BCUT2D eigenvalue weighted by atomic mass is 9.51. The van der Waals surface area contributed by atoms with Gasteiger partial charge >= 0.3 is 5.97 Å². The summed E-state index contributed by atoms with van der Waals surface area (Å²) in [6, 6.07) is 9.45. The van der Waals surface area contributed by atoms with Crippen LogP contribution < -0.4 is 19.7 Å². The summed E-state index contributed by atoms with van der Waals surface area (Å²) in [4.78, 5) is 21.5. The molecule has 55 heavy (non-hydrogen) atoms. The van der Waals surface area contributed by atoms with Gasteiger partial charge in [0.1, 0.15) is 6.10 Å². The molecule has 2 aromatic rings. The van der Waals surface area contributed by atoms with Gasteiger partial charge in [-0.05, 0) is 80.3 Å². The number of phenols is 1. The van der Waals surface area contributed by atoms with Gasteiger partial charge in [0, 0.05) is 65.9 Å². The minimum Gasteiger partial charge on any atom is -0.504 e. The molecule has 2 aromatic carbocycles. The summed E-state index contributed by atoms with van der Waals surface area (Å²) in [6.07, 6.45) is 4.27. The summed E-state index contributed by atoms with van der Waals surface area (Å²) in [5, 5.41) is 38.0. The highest BCUT2D eigenvalue weighted by molar-refractivity contribution is 5.94. The van der Waals surface area contributed by atoms with Crippen molar-refractivity contribution in [1.82, 2.24) is 9.80 Å². The zero-order valence-corrected chi connectivity index (χ0v) is 32.7. The lowest BCUT2D eigenvalue weighted by molar-refractivity contribution is -0.171. The van der Waals surface area contributed by atoms with E-state index in [-0.39, 0.29) is 64.0 Å². The van der Waals surface area contributed by atoms with Gasteiger partial charge in [-0.3, -0.25) is 9.80 Å². The van der Waals surface area contributed by atoms with Crippen LogP contribution in [0.1, 0.15) is 81.5 Å². The number of hydrogen-bond acceptors (Lipinski definition) is 12. The van der Waals surface area contributed by atoms with Crippen molar-refractivity contribution in [2.24, 2.45) is 10.8 Å². The number of phenolic OH excluding ortho intramolecular Hbond substituents is 1. The minimum absolute atomic E-state index is 0.00498. The van der Waals surface area contributed by atoms with Crippen LogP contribution in [-0.2, 0) is 25.1 Å². The third kappa shape index (κ3) is 3.72. The van der Waals surface area contributed by atoms with Gasteiger partial charge in [-0.2, -0.15) is 0 Å². The van der Waals surface area contributed by atoms with Gasteiger partial charge in [-0.25, -0.2) is 4.79 Å². The van der Waals surface area contributed by atoms with E-state index in [4.69, 9.17) is 18.9 Å². The standard InChI is InChI=1S/C43H54N4O8/c1-7-40-12-11-28-42(13-15-46(38(40)42)20-27(49)35(40)50)23-17-21(9-10-25(23)45(28)3)30-33-36(55-33)41(8-2)19-22(37(51)54-6)34-43(14-16-47(30)39(41)43)24-18-26(48)31(52-4)32(53-5)29(24)44-34/h9-10,17-18,27-28,30,33,35-36,38-39,44,48-50H,7-8,11-16,19-20H2,1-6H3. The Balaban J connectivity index is 1.08. The summed E-state index contributed by atoms with van der Waals surface area (Å²) in [5.41, 5.74) is 5.53. The monoisotopic (exact) mass is 754 g/mol. The summed E-state index contributed by atoms with van der Waals surface area (Å²) < 4.78 is 23.9. The first-order valence-corrected chi connectivity index (χ1v) is 20.5. The Morgan fingerprint density at radius 1 is 0.982 bits per heavy atom. The Morgan fingerprint density at radius 2 is 1.76 bits per heavy atom. The maximum Gasteiger partial charge on any atom is 0.335 e. The minimum atomic E-state index is -0.738. The number of hydrogen-bond donors (Lipinski definition) is 4. The van der Waals surface area contributed by atoms with Crippen LogP contribution in [0.5, 0.6) is 17.2 Å². The summed E-state index contributed by atoms with van der Waals surface area (Å²) in [5.74, 6) is 0.345. The number of aliphatic hydroxyl groups is 2. The van der Waals surface area contributed by atoms with Gasteiger partial charge in [0.25, 0.3) is 0 Å². The van der Waals surface area contributed by atoms with Crippen molar-refractivity contribution in [3.8, 4) is 17.2 Å². The average molecular weight is 755 g/mol. The van der Waals surface area contributed by atoms with Gasteiger partial charge in [-0.15, -0.1) is 0 Å². The molecule has 1 saturated carbocycles. The Morgan fingerprint density at radius 3 is 2.49 bits per heavy atom. The summed E-state index contributed by atoms with van der Waals surface area (Å²) in [7, 11) is 6.81. The first kappa shape index (κ1) is 34.7. The molecule has 294 valence electrons. The molecule has 2 aliphatic carbocycles. The van der Waals surface area contributed by atoms with E-state index in [1.54, 1.807) is 7.11 Å². The average Bonchev–Trinajstić information content (AvgIpc) is 3.48. The topological polar surface area (TPSA) is 140 Å². The van der Waals surface area contributed by atoms with E-state index in [0.29, 0.717) is 30.3 Å². The molecule has 12 nitrogen and oxygen atoms in total. The van der Waals surface area contributed by atoms with Crippen LogP contribution in [0.15, 0.2) is 35.5 Å². The third-order valence-electron chi connectivity index (χ3n) is 17.0. The number of carbonyl (C=O) groups is 1. The van der Waals surface area contributed by atoms with E-state index in [1.807, 2.05) is 6.07 Å². The van der Waals surface area contributed by atoms with Crippen LogP contribution in [0.3, 0.4) is 0 Å². The first-order valence-electron chi connectivity index (χ1n) is 20.5. The quantitative estimate of drug-likeness (QED) is 0.193. The molecule has 2 spiro atoms. The number of aliphatic hydroxyl groups excluding tert-OH is 2. The van der Waals surface area contributed by atoms with E-state index in [9.17, 15) is 20.1 Å². The number of benzene rings is 2. The van der Waals surface area contributed by atoms with Gasteiger partial charge in [0.2, 0.25) is 5.75 Å². The van der Waals surface area contributed by atoms with Gasteiger partial charge in [-0.1, -0.05) is 26.0 Å². The Kier molecular flexibility index (Phi) is 7.00. The molecule has 0 radical (unpaired) electrons. The molecule has 7 aliphatic heterocycles. The lowest BCUT2D eigenvalue weighted by Gasteiger charge is -2.61. The molecule has 0 aromatic heterocycles. The number of likely N-dealkylation sites (N-methyl/N-ethyl adjacent to an activating group) is 1. The van der Waals surface area contributed by atoms with Crippen molar-refractivity contribution < 1.29 is 39.1 Å². The zero-order valence-electron chi connectivity index (χ0n) is 32.7. The number of ether oxygens (including phenoxy) is 4. The molecule has 12 unspecified atom stereocenters. The maximum atomic E-state index is 13.8. The second kappa shape index (κ2) is 11.1. The van der Waals surface area contributed by atoms with Crippen molar-refractivity contribution in [3.05, 3.63) is 52.2 Å². The number of anilines is 2. The smallest absolute Gasteiger partial charge is 0.335 e. The molecular formula is C43H54N4O8. The molecule has 4 N–H and O–H groups in total. The predicted molar refractivity (Wildman–Crippen MR) is 204 cm³/mol. The lowest BCUT2D eigenvalue weighted by Crippen LogP contribution is -2.71. The van der Waals surface area contributed by atoms with E-state index in [2.05, 4.69) is 59.1 Å². The van der Waals surface area contributed by atoms with Crippen LogP contribution >= 0.6 is 0 Å². The SMILES string of the molecule is CCC12CC(C(=O)OC)=C3Nc4c(cc(O)c(OC)c4OC)C34CCN(C(c3ccc5c(c3)C36CCN7CC(O)C(O)C(CC)(CCC3N5C)C76)C3OC31)C42. The van der Waals surface area contributed by atoms with Gasteiger partial charge < -0.3 is 44.5 Å². The molecule has 0 amide bonds. The number of piperidine rings is 2. The largest absolute Gasteiger partial charge is 0.504 e. The number of carbonyl (C=O) groups excluding carboxylic acids is 1. The fourth-order valence-corrected chi connectivity index (χ4v) is 15.1. The fourth-order valence-electron chi connectivity index (χ4n) is 15.1. The molecule has 0 bridgehead atoms. The maximum absolute atomic E-state index is 13.8. The number of fused-ring (bicyclic) bond motifs is 4. The van der Waals surface area contributed by atoms with Crippen molar-refractivity contribution in [3.63, 3.8) is 0 Å². The first-order chi connectivity index (χ1) is 26.5. The zero-order chi connectivity index (χ0) is 38.1. The van der Waals surface area contributed by atoms with Crippen molar-refractivity contribution in [2.45, 2.75) is 118 Å². The number of esters is 1. The van der Waals surface area contributed by atoms with E-state index < -0.39 is 17.6 Å². The van der Waals surface area contributed by atoms with E-state index in [0.717, 1.165) is 68.6 Å². The number of methoxy groups -OCH3 is 3. The molecule has 12 atom stereocenters. The van der Waals surface area contributed by atoms with Gasteiger partial charge in [0.15, 0.2) is 11.5 Å². The van der Waals surface area contributed by atoms with Crippen LogP contribution in [0.4, 0.5) is 11.4 Å². The van der Waals surface area contributed by atoms with Crippen LogP contribution in [0, 0.1) is 10.8 Å². The Labute approximate surface area is 322 Å². The third-order valence-corrected chi connectivity index (χ3v) is 17.0. The highest BCUT2D eigenvalue weighted by Crippen LogP contribution is 2.73. The van der Waals surface area contributed by atoms with Gasteiger partial charge in [0.05, 0.1) is 62.4 Å². The second-order valence-corrected chi connectivity index (χ2v) is 18.2.